The van der Waals surface area contributed by atoms with E-state index in [0.29, 0.717) is 10.9 Å². The molecular formula is C13H9ClFNO. The summed E-state index contributed by atoms with van der Waals surface area (Å²) in [6, 6.07) is 11.8. The quantitative estimate of drug-likeness (QED) is 0.419. The lowest BCUT2D eigenvalue weighted by Crippen LogP contribution is -3.00. The Labute approximate surface area is 103 Å². The van der Waals surface area contributed by atoms with E-state index in [1.807, 2.05) is 18.2 Å². The molecule has 3 rings (SSSR count). The van der Waals surface area contributed by atoms with Gasteiger partial charge in [-0.25, -0.2) is 0 Å². The molecule has 0 aliphatic heterocycles. The summed E-state index contributed by atoms with van der Waals surface area (Å²) < 4.78 is 15.5. The summed E-state index contributed by atoms with van der Waals surface area (Å²) in [5, 5.41) is 10.3. The fourth-order valence-electron chi connectivity index (χ4n) is 1.96. The highest BCUT2D eigenvalue weighted by atomic mass is 35.5. The van der Waals surface area contributed by atoms with Crippen molar-refractivity contribution in [2.45, 2.75) is 0 Å². The smallest absolute Gasteiger partial charge is 0.258 e. The average molecular weight is 250 g/mol. The third kappa shape index (κ3) is 1.68. The number of hydrogen-bond donors (Lipinski definition) is 1. The molecule has 0 aliphatic rings. The molecule has 17 heavy (non-hydrogen) atoms. The van der Waals surface area contributed by atoms with Crippen LogP contribution in [-0.4, -0.2) is 5.11 Å². The molecule has 2 nitrogen and oxygen atoms in total. The topological polar surface area (TPSA) is 24.3 Å². The van der Waals surface area contributed by atoms with E-state index in [1.165, 1.54) is 6.07 Å². The van der Waals surface area contributed by atoms with Gasteiger partial charge in [-0.15, -0.1) is 0 Å². The van der Waals surface area contributed by atoms with Crippen molar-refractivity contribution < 1.29 is 26.3 Å². The molecule has 0 unspecified atom stereocenters. The summed E-state index contributed by atoms with van der Waals surface area (Å²) >= 11 is 0. The van der Waals surface area contributed by atoms with Gasteiger partial charge in [-0.1, -0.05) is 6.07 Å². The maximum Gasteiger partial charge on any atom is 0.258 e. The second-order valence-electron chi connectivity index (χ2n) is 3.66. The van der Waals surface area contributed by atoms with Gasteiger partial charge >= 0.3 is 0 Å². The van der Waals surface area contributed by atoms with Crippen molar-refractivity contribution in [3.05, 3.63) is 54.5 Å². The molecular weight excluding hydrogens is 241 g/mol. The number of para-hydroxylation sites is 1. The van der Waals surface area contributed by atoms with Crippen molar-refractivity contribution in [2.75, 3.05) is 0 Å². The molecule has 0 bridgehead atoms. The zero-order valence-electron chi connectivity index (χ0n) is 8.77. The van der Waals surface area contributed by atoms with Crippen LogP contribution in [0.25, 0.3) is 16.4 Å². The Morgan fingerprint density at radius 2 is 1.88 bits per heavy atom. The summed E-state index contributed by atoms with van der Waals surface area (Å²) in [5.41, 5.74) is 1.16. The van der Waals surface area contributed by atoms with Gasteiger partial charge in [0.1, 0.15) is 5.75 Å². The highest BCUT2D eigenvalue weighted by Crippen LogP contribution is 2.24. The Hall–Kier alpha value is -1.87. The van der Waals surface area contributed by atoms with Crippen LogP contribution < -0.4 is 16.8 Å². The lowest BCUT2D eigenvalue weighted by atomic mass is 10.1. The van der Waals surface area contributed by atoms with Crippen molar-refractivity contribution >= 4 is 16.4 Å². The number of aromatic nitrogens is 1. The number of nitrogens with zero attached hydrogens (tertiary/aromatic N) is 1. The molecule has 0 aliphatic carbocycles. The number of aromatic hydroxyl groups is 1. The van der Waals surface area contributed by atoms with E-state index in [4.69, 9.17) is 0 Å². The Morgan fingerprint density at radius 1 is 1.06 bits per heavy atom. The predicted molar refractivity (Wildman–Crippen MR) is 58.7 cm³/mol. The minimum Gasteiger partial charge on any atom is -1.00 e. The SMILES string of the molecule is Oc1cc2cccc[n+]2c2c(F)cccc12.[Cl-]. The van der Waals surface area contributed by atoms with Gasteiger partial charge in [0.2, 0.25) is 5.52 Å². The fraction of sp³-hybridized carbons (Fsp3) is 0. The monoisotopic (exact) mass is 249 g/mol. The second-order valence-corrected chi connectivity index (χ2v) is 3.66. The first-order valence-electron chi connectivity index (χ1n) is 4.98. The number of rotatable bonds is 0. The predicted octanol–water partition coefficient (Wildman–Crippen LogP) is -0.573. The number of benzene rings is 1. The first-order chi connectivity index (χ1) is 7.77. The lowest BCUT2D eigenvalue weighted by molar-refractivity contribution is -0.483. The number of fused-ring (bicyclic) bond motifs is 3. The standard InChI is InChI=1S/C13H8FNO.ClH/c14-11-6-3-5-10-12(16)8-9-4-1-2-7-15(9)13(10)11;/h1-8H;1H. The van der Waals surface area contributed by atoms with E-state index < -0.39 is 0 Å². The molecule has 0 saturated heterocycles. The van der Waals surface area contributed by atoms with Gasteiger partial charge in [0.15, 0.2) is 12.0 Å². The Morgan fingerprint density at radius 3 is 2.71 bits per heavy atom. The summed E-state index contributed by atoms with van der Waals surface area (Å²) in [5.74, 6) is -0.240. The van der Waals surface area contributed by atoms with Crippen molar-refractivity contribution in [3.63, 3.8) is 0 Å². The Balaban J connectivity index is 0.00000108. The Kier molecular flexibility index (Phi) is 2.86. The van der Waals surface area contributed by atoms with Crippen molar-refractivity contribution in [1.82, 2.24) is 0 Å². The molecule has 1 aromatic carbocycles. The van der Waals surface area contributed by atoms with E-state index in [9.17, 15) is 9.50 Å². The zero-order chi connectivity index (χ0) is 11.1. The lowest BCUT2D eigenvalue weighted by Gasteiger charge is -2.00. The van der Waals surface area contributed by atoms with Crippen molar-refractivity contribution in [2.24, 2.45) is 0 Å². The number of pyridine rings is 2. The number of halogens is 2. The molecule has 86 valence electrons. The normalized spacial score (nSPS) is 10.4. The maximum atomic E-state index is 13.8. The van der Waals surface area contributed by atoms with E-state index in [0.717, 1.165) is 5.52 Å². The van der Waals surface area contributed by atoms with Crippen molar-refractivity contribution in [3.8, 4) is 5.75 Å². The average Bonchev–Trinajstić information content (AvgIpc) is 2.30. The van der Waals surface area contributed by atoms with Gasteiger partial charge in [-0.3, -0.25) is 0 Å². The molecule has 0 radical (unpaired) electrons. The summed E-state index contributed by atoms with van der Waals surface area (Å²) in [4.78, 5) is 0. The van der Waals surface area contributed by atoms with Crippen LogP contribution >= 0.6 is 0 Å². The highest BCUT2D eigenvalue weighted by Gasteiger charge is 2.16. The Bertz CT molecular complexity index is 699. The van der Waals surface area contributed by atoms with Gasteiger partial charge in [0.05, 0.1) is 11.5 Å². The van der Waals surface area contributed by atoms with Crippen LogP contribution in [-0.2, 0) is 0 Å². The molecule has 2 heterocycles. The van der Waals surface area contributed by atoms with Crippen molar-refractivity contribution in [1.29, 1.82) is 0 Å². The first kappa shape index (κ1) is 11.6. The van der Waals surface area contributed by atoms with Gasteiger partial charge in [0.25, 0.3) is 5.52 Å². The first-order valence-corrected chi connectivity index (χ1v) is 4.98. The molecule has 0 atom stereocenters. The largest absolute Gasteiger partial charge is 1.00 e. The fourth-order valence-corrected chi connectivity index (χ4v) is 1.96. The molecule has 1 N–H and O–H groups in total. The van der Waals surface area contributed by atoms with Gasteiger partial charge < -0.3 is 17.5 Å². The van der Waals surface area contributed by atoms with Crippen LogP contribution in [0.3, 0.4) is 0 Å². The minimum absolute atomic E-state index is 0. The van der Waals surface area contributed by atoms with Gasteiger partial charge in [-0.2, -0.15) is 8.79 Å². The van der Waals surface area contributed by atoms with Crippen LogP contribution in [0.5, 0.6) is 5.75 Å². The molecule has 0 saturated carbocycles. The summed E-state index contributed by atoms with van der Waals surface area (Å²) in [6.45, 7) is 0. The van der Waals surface area contributed by atoms with Crippen LogP contribution in [0.2, 0.25) is 0 Å². The van der Waals surface area contributed by atoms with E-state index in [1.54, 1.807) is 28.8 Å². The van der Waals surface area contributed by atoms with E-state index in [2.05, 4.69) is 0 Å². The van der Waals surface area contributed by atoms with Crippen LogP contribution in [0.15, 0.2) is 48.7 Å². The minimum atomic E-state index is -0.338. The molecule has 3 aromatic rings. The highest BCUT2D eigenvalue weighted by molar-refractivity contribution is 5.84. The van der Waals surface area contributed by atoms with Crippen LogP contribution in [0.4, 0.5) is 4.39 Å². The van der Waals surface area contributed by atoms with E-state index in [-0.39, 0.29) is 24.0 Å². The molecule has 0 fully saturated rings. The number of hydrogen-bond acceptors (Lipinski definition) is 1. The third-order valence-electron chi connectivity index (χ3n) is 2.68. The van der Waals surface area contributed by atoms with E-state index >= 15 is 0 Å². The summed E-state index contributed by atoms with van der Waals surface area (Å²) in [7, 11) is 0. The van der Waals surface area contributed by atoms with Gasteiger partial charge in [-0.05, 0) is 18.2 Å². The van der Waals surface area contributed by atoms with Crippen LogP contribution in [0, 0.1) is 5.82 Å². The third-order valence-corrected chi connectivity index (χ3v) is 2.68. The zero-order valence-corrected chi connectivity index (χ0v) is 9.53. The van der Waals surface area contributed by atoms with Gasteiger partial charge in [0, 0.05) is 12.1 Å². The molecule has 4 heteroatoms. The second kappa shape index (κ2) is 4.18. The molecule has 2 aromatic heterocycles. The van der Waals surface area contributed by atoms with Crippen LogP contribution in [0.1, 0.15) is 0 Å². The molecule has 0 spiro atoms. The maximum absolute atomic E-state index is 13.8. The summed E-state index contributed by atoms with van der Waals surface area (Å²) in [6.07, 6.45) is 1.78. The molecule has 0 amide bonds.